The Morgan fingerprint density at radius 2 is 1.61 bits per heavy atom. The number of nitrogens with zero attached hydrogens (tertiary/aromatic N) is 3. The molecule has 0 atom stereocenters. The van der Waals surface area contributed by atoms with Gasteiger partial charge in [-0.2, -0.15) is 4.98 Å². The van der Waals surface area contributed by atoms with E-state index in [4.69, 9.17) is 14.6 Å². The zero-order valence-electron chi connectivity index (χ0n) is 19.9. The fraction of sp³-hybridized carbons (Fsp3) is 0.269. The van der Waals surface area contributed by atoms with Gasteiger partial charge in [-0.3, -0.25) is 9.59 Å². The second-order valence-electron chi connectivity index (χ2n) is 8.52. The molecule has 10 nitrogen and oxygen atoms in total. The molecule has 0 aliphatic carbocycles. The van der Waals surface area contributed by atoms with Crippen molar-refractivity contribution in [2.75, 3.05) is 18.4 Å². The van der Waals surface area contributed by atoms with Crippen molar-refractivity contribution in [3.63, 3.8) is 0 Å². The van der Waals surface area contributed by atoms with Crippen molar-refractivity contribution in [3.05, 3.63) is 71.4 Å². The minimum absolute atomic E-state index is 0.00606. The van der Waals surface area contributed by atoms with Crippen LogP contribution in [0.4, 0.5) is 5.82 Å². The molecule has 2 aromatic heterocycles. The fourth-order valence-electron chi connectivity index (χ4n) is 3.64. The van der Waals surface area contributed by atoms with E-state index in [0.717, 1.165) is 32.1 Å². The molecule has 2 amide bonds. The minimum atomic E-state index is -1.11. The van der Waals surface area contributed by atoms with Crippen LogP contribution in [-0.4, -0.2) is 57.0 Å². The minimum Gasteiger partial charge on any atom is -0.478 e. The number of nitrogens with one attached hydrogen (secondary N) is 1. The van der Waals surface area contributed by atoms with Crippen LogP contribution in [0.15, 0.2) is 54.7 Å². The highest BCUT2D eigenvalue weighted by Gasteiger charge is 2.19. The van der Waals surface area contributed by atoms with Crippen LogP contribution in [0.25, 0.3) is 0 Å². The number of aromatic carboxylic acids is 1. The first-order valence-corrected chi connectivity index (χ1v) is 11.5. The molecule has 1 saturated heterocycles. The summed E-state index contributed by atoms with van der Waals surface area (Å²) in [6.45, 7) is 5.21. The predicted molar refractivity (Wildman–Crippen MR) is 131 cm³/mol. The average molecular weight is 491 g/mol. The van der Waals surface area contributed by atoms with Gasteiger partial charge in [-0.25, -0.2) is 9.78 Å². The Kier molecular flexibility index (Phi) is 7.43. The lowest BCUT2D eigenvalue weighted by Crippen LogP contribution is -2.27. The van der Waals surface area contributed by atoms with E-state index in [2.05, 4.69) is 15.3 Å². The molecule has 1 fully saturated rings. The van der Waals surface area contributed by atoms with Crippen molar-refractivity contribution >= 4 is 23.6 Å². The summed E-state index contributed by atoms with van der Waals surface area (Å²) in [6.07, 6.45) is 3.01. The zero-order valence-corrected chi connectivity index (χ0v) is 19.9. The van der Waals surface area contributed by atoms with Gasteiger partial charge < -0.3 is 24.8 Å². The van der Waals surface area contributed by atoms with E-state index in [0.29, 0.717) is 11.3 Å². The molecule has 3 heterocycles. The highest BCUT2D eigenvalue weighted by Crippen LogP contribution is 2.26. The lowest BCUT2D eigenvalue weighted by Gasteiger charge is -2.15. The van der Waals surface area contributed by atoms with Crippen LogP contribution in [0.2, 0.25) is 0 Å². The number of carbonyl (C=O) groups excluding carboxylic acids is 2. The lowest BCUT2D eigenvalue weighted by molar-refractivity contribution is 0.0695. The molecule has 36 heavy (non-hydrogen) atoms. The first-order valence-electron chi connectivity index (χ1n) is 11.5. The monoisotopic (exact) mass is 490 g/mol. The summed E-state index contributed by atoms with van der Waals surface area (Å²) in [6, 6.07) is 12.4. The van der Waals surface area contributed by atoms with Gasteiger partial charge in [-0.1, -0.05) is 0 Å². The number of ether oxygens (including phenoxy) is 2. The van der Waals surface area contributed by atoms with Crippen molar-refractivity contribution in [2.45, 2.75) is 32.8 Å². The molecule has 1 aliphatic heterocycles. The molecule has 0 radical (unpaired) electrons. The van der Waals surface area contributed by atoms with Gasteiger partial charge in [-0.15, -0.1) is 0 Å². The summed E-state index contributed by atoms with van der Waals surface area (Å²) in [5.74, 6) is -0.659. The van der Waals surface area contributed by atoms with Crippen LogP contribution in [0.5, 0.6) is 17.5 Å². The SMILES string of the molecule is CC(C)Oc1cc(C(=O)Nc2ccc(C(=O)O)cn2)cc(Oc2ccc(C(=O)N3CCCC3)cc2)n1. The van der Waals surface area contributed by atoms with Crippen molar-refractivity contribution in [3.8, 4) is 17.5 Å². The number of anilines is 1. The normalized spacial score (nSPS) is 12.9. The van der Waals surface area contributed by atoms with E-state index < -0.39 is 11.9 Å². The van der Waals surface area contributed by atoms with Gasteiger partial charge >= 0.3 is 5.97 Å². The van der Waals surface area contributed by atoms with E-state index in [-0.39, 0.29) is 40.7 Å². The number of amides is 2. The maximum Gasteiger partial charge on any atom is 0.337 e. The Morgan fingerprint density at radius 1 is 0.944 bits per heavy atom. The van der Waals surface area contributed by atoms with Crippen LogP contribution >= 0.6 is 0 Å². The smallest absolute Gasteiger partial charge is 0.337 e. The Balaban J connectivity index is 1.52. The molecule has 0 unspecified atom stereocenters. The van der Waals surface area contributed by atoms with E-state index in [9.17, 15) is 14.4 Å². The Morgan fingerprint density at radius 3 is 2.22 bits per heavy atom. The number of hydrogen-bond acceptors (Lipinski definition) is 7. The molecule has 0 saturated carbocycles. The van der Waals surface area contributed by atoms with Crippen LogP contribution in [0.1, 0.15) is 57.8 Å². The van der Waals surface area contributed by atoms with E-state index in [1.165, 1.54) is 24.3 Å². The lowest BCUT2D eigenvalue weighted by atomic mass is 10.2. The molecule has 3 aromatic rings. The quantitative estimate of drug-likeness (QED) is 0.479. The Hall–Kier alpha value is -4.47. The standard InChI is InChI=1S/C26H26N4O6/c1-16(2)35-22-13-19(24(31)28-21-10-7-18(15-27-21)26(33)34)14-23(29-22)36-20-8-5-17(6-9-20)25(32)30-11-3-4-12-30/h5-10,13-16H,3-4,11-12H2,1-2H3,(H,33,34)(H,27,28,31). The Labute approximate surface area is 207 Å². The average Bonchev–Trinajstić information content (AvgIpc) is 3.39. The number of carboxylic acids is 1. The third-order valence-electron chi connectivity index (χ3n) is 5.37. The van der Waals surface area contributed by atoms with Crippen LogP contribution < -0.4 is 14.8 Å². The topological polar surface area (TPSA) is 131 Å². The summed E-state index contributed by atoms with van der Waals surface area (Å²) in [5, 5.41) is 11.6. The summed E-state index contributed by atoms with van der Waals surface area (Å²) >= 11 is 0. The van der Waals surface area contributed by atoms with Gasteiger partial charge in [0.15, 0.2) is 0 Å². The van der Waals surface area contributed by atoms with E-state index in [1.807, 2.05) is 18.7 Å². The number of carbonyl (C=O) groups is 3. The highest BCUT2D eigenvalue weighted by molar-refractivity contribution is 6.04. The Bertz CT molecular complexity index is 1250. The molecule has 0 spiro atoms. The largest absolute Gasteiger partial charge is 0.478 e. The number of aromatic nitrogens is 2. The third-order valence-corrected chi connectivity index (χ3v) is 5.37. The third kappa shape index (κ3) is 6.15. The highest BCUT2D eigenvalue weighted by atomic mass is 16.5. The van der Waals surface area contributed by atoms with Gasteiger partial charge in [0.25, 0.3) is 11.8 Å². The summed E-state index contributed by atoms with van der Waals surface area (Å²) < 4.78 is 11.5. The molecule has 4 rings (SSSR count). The molecule has 0 bridgehead atoms. The molecule has 1 aromatic carbocycles. The van der Waals surface area contributed by atoms with E-state index in [1.54, 1.807) is 24.3 Å². The number of carboxylic acid groups (broad SMARTS) is 1. The molecular weight excluding hydrogens is 464 g/mol. The summed E-state index contributed by atoms with van der Waals surface area (Å²) in [7, 11) is 0. The van der Waals surface area contributed by atoms with Crippen LogP contribution in [-0.2, 0) is 0 Å². The van der Waals surface area contributed by atoms with E-state index >= 15 is 0 Å². The van der Waals surface area contributed by atoms with Crippen LogP contribution in [0, 0.1) is 0 Å². The molecule has 1 aliphatic rings. The fourth-order valence-corrected chi connectivity index (χ4v) is 3.64. The first kappa shape index (κ1) is 24.6. The first-order chi connectivity index (χ1) is 17.3. The second-order valence-corrected chi connectivity index (χ2v) is 8.52. The molecular formula is C26H26N4O6. The van der Waals surface area contributed by atoms with Crippen molar-refractivity contribution in [1.82, 2.24) is 14.9 Å². The summed E-state index contributed by atoms with van der Waals surface area (Å²) in [5.41, 5.74) is 0.796. The van der Waals surface area contributed by atoms with Crippen molar-refractivity contribution in [2.24, 2.45) is 0 Å². The van der Waals surface area contributed by atoms with Gasteiger partial charge in [0.1, 0.15) is 11.6 Å². The van der Waals surface area contributed by atoms with Gasteiger partial charge in [-0.05, 0) is 63.1 Å². The van der Waals surface area contributed by atoms with Crippen LogP contribution in [0.3, 0.4) is 0 Å². The number of likely N-dealkylation sites (tertiary alicyclic amines) is 1. The predicted octanol–water partition coefficient (Wildman–Crippen LogP) is 4.24. The zero-order chi connectivity index (χ0) is 25.7. The van der Waals surface area contributed by atoms with Crippen molar-refractivity contribution in [1.29, 1.82) is 0 Å². The number of benzene rings is 1. The number of rotatable bonds is 8. The molecule has 186 valence electrons. The van der Waals surface area contributed by atoms with Gasteiger partial charge in [0.2, 0.25) is 11.8 Å². The second kappa shape index (κ2) is 10.9. The number of hydrogen-bond donors (Lipinski definition) is 2. The van der Waals surface area contributed by atoms with Crippen molar-refractivity contribution < 1.29 is 29.0 Å². The van der Waals surface area contributed by atoms with Gasteiger partial charge in [0.05, 0.1) is 17.2 Å². The maximum absolute atomic E-state index is 12.9. The molecule has 2 N–H and O–H groups in total. The summed E-state index contributed by atoms with van der Waals surface area (Å²) in [4.78, 5) is 46.6. The number of pyridine rings is 2. The maximum atomic E-state index is 12.9. The molecule has 10 heteroatoms. The van der Waals surface area contributed by atoms with Gasteiger partial charge in [0, 0.05) is 37.0 Å².